The molecule has 1 aromatic carbocycles. The molecule has 0 aliphatic heterocycles. The van der Waals surface area contributed by atoms with Gasteiger partial charge in [0.1, 0.15) is 0 Å². The molecule has 6 heteroatoms. The number of hydrogen-bond donors (Lipinski definition) is 1. The van der Waals surface area contributed by atoms with Gasteiger partial charge in [0.25, 0.3) is 0 Å². The van der Waals surface area contributed by atoms with Crippen LogP contribution >= 0.6 is 0 Å². The number of pyridine rings is 1. The maximum Gasteiger partial charge on any atom is 0.573 e. The second-order valence-electron chi connectivity index (χ2n) is 3.99. The lowest BCUT2D eigenvalue weighted by atomic mass is 10.1. The molecule has 0 aliphatic rings. The Balaban J connectivity index is 2.31. The molecule has 2 rings (SSSR count). The number of halogens is 3. The first-order chi connectivity index (χ1) is 8.85. The van der Waals surface area contributed by atoms with Crippen molar-refractivity contribution in [2.75, 3.05) is 5.73 Å². The van der Waals surface area contributed by atoms with Gasteiger partial charge in [-0.3, -0.25) is 4.98 Å². The molecule has 0 saturated carbocycles. The molecule has 0 unspecified atom stereocenters. The summed E-state index contributed by atoms with van der Waals surface area (Å²) in [4.78, 5) is 4.11. The zero-order valence-electron chi connectivity index (χ0n) is 10.0. The summed E-state index contributed by atoms with van der Waals surface area (Å²) < 4.78 is 40.1. The molecule has 0 spiro atoms. The molecule has 1 heterocycles. The minimum Gasteiger partial charge on any atom is -0.404 e. The Morgan fingerprint density at radius 3 is 2.32 bits per heavy atom. The Bertz CT molecular complexity index is 579. The Labute approximate surface area is 107 Å². The van der Waals surface area contributed by atoms with Gasteiger partial charge in [-0.15, -0.1) is 13.2 Å². The van der Waals surface area contributed by atoms with Crippen LogP contribution < -0.4 is 10.5 Å². The number of anilines is 1. The van der Waals surface area contributed by atoms with Crippen molar-refractivity contribution in [2.45, 2.75) is 13.3 Å². The monoisotopic (exact) mass is 268 g/mol. The van der Waals surface area contributed by atoms with E-state index >= 15 is 0 Å². The van der Waals surface area contributed by atoms with Gasteiger partial charge in [0, 0.05) is 17.5 Å². The number of nitrogen functional groups attached to an aromatic ring is 1. The standard InChI is InChI=1S/C13H11F3N2O/c1-8-2-3-10(7-18-8)9-4-5-12(11(17)6-9)19-13(14,15)16/h2-7H,17H2,1H3. The van der Waals surface area contributed by atoms with Gasteiger partial charge in [-0.1, -0.05) is 12.1 Å². The number of ether oxygens (including phenoxy) is 1. The fourth-order valence-electron chi connectivity index (χ4n) is 1.58. The second-order valence-corrected chi connectivity index (χ2v) is 3.99. The Hall–Kier alpha value is -2.24. The smallest absolute Gasteiger partial charge is 0.404 e. The zero-order valence-corrected chi connectivity index (χ0v) is 10.0. The van der Waals surface area contributed by atoms with Crippen molar-refractivity contribution < 1.29 is 17.9 Å². The average molecular weight is 268 g/mol. The highest BCUT2D eigenvalue weighted by atomic mass is 19.4. The summed E-state index contributed by atoms with van der Waals surface area (Å²) in [6, 6.07) is 7.75. The quantitative estimate of drug-likeness (QED) is 0.847. The SMILES string of the molecule is Cc1ccc(-c2ccc(OC(F)(F)F)c(N)c2)cn1. The number of benzene rings is 1. The third kappa shape index (κ3) is 3.37. The van der Waals surface area contributed by atoms with E-state index in [4.69, 9.17) is 5.73 Å². The van der Waals surface area contributed by atoms with E-state index in [0.717, 1.165) is 11.3 Å². The maximum atomic E-state index is 12.1. The van der Waals surface area contributed by atoms with Gasteiger partial charge >= 0.3 is 6.36 Å². The molecule has 0 fully saturated rings. The molecule has 0 atom stereocenters. The van der Waals surface area contributed by atoms with Crippen LogP contribution in [0.3, 0.4) is 0 Å². The van der Waals surface area contributed by atoms with Crippen molar-refractivity contribution >= 4 is 5.69 Å². The van der Waals surface area contributed by atoms with Crippen LogP contribution in [-0.2, 0) is 0 Å². The summed E-state index contributed by atoms with van der Waals surface area (Å²) in [5, 5.41) is 0. The largest absolute Gasteiger partial charge is 0.573 e. The van der Waals surface area contributed by atoms with Crippen LogP contribution in [0, 0.1) is 6.92 Å². The molecule has 0 aliphatic carbocycles. The van der Waals surface area contributed by atoms with E-state index in [1.54, 1.807) is 6.20 Å². The number of aromatic nitrogens is 1. The van der Waals surface area contributed by atoms with Crippen molar-refractivity contribution in [1.82, 2.24) is 4.98 Å². The highest BCUT2D eigenvalue weighted by molar-refractivity contribution is 5.70. The molecule has 3 nitrogen and oxygen atoms in total. The van der Waals surface area contributed by atoms with Gasteiger partial charge in [0.2, 0.25) is 0 Å². The molecule has 0 saturated heterocycles. The van der Waals surface area contributed by atoms with Crippen LogP contribution in [0.15, 0.2) is 36.5 Å². The molecule has 2 aromatic rings. The van der Waals surface area contributed by atoms with E-state index in [1.165, 1.54) is 18.2 Å². The van der Waals surface area contributed by atoms with Crippen LogP contribution in [0.5, 0.6) is 5.75 Å². The van der Waals surface area contributed by atoms with Crippen LogP contribution in [0.4, 0.5) is 18.9 Å². The third-order valence-electron chi connectivity index (χ3n) is 2.48. The molecule has 100 valence electrons. The normalized spacial score (nSPS) is 11.4. The fourth-order valence-corrected chi connectivity index (χ4v) is 1.58. The van der Waals surface area contributed by atoms with E-state index in [0.29, 0.717) is 5.56 Å². The van der Waals surface area contributed by atoms with E-state index in [2.05, 4.69) is 9.72 Å². The lowest BCUT2D eigenvalue weighted by Gasteiger charge is -2.12. The first kappa shape index (κ1) is 13.2. The van der Waals surface area contributed by atoms with Gasteiger partial charge in [-0.25, -0.2) is 0 Å². The summed E-state index contributed by atoms with van der Waals surface area (Å²) in [6.45, 7) is 1.85. The average Bonchev–Trinajstić information content (AvgIpc) is 2.31. The minimum atomic E-state index is -4.75. The first-order valence-corrected chi connectivity index (χ1v) is 5.43. The van der Waals surface area contributed by atoms with Crippen LogP contribution in [-0.4, -0.2) is 11.3 Å². The van der Waals surface area contributed by atoms with E-state index in [-0.39, 0.29) is 5.69 Å². The lowest BCUT2D eigenvalue weighted by molar-refractivity contribution is -0.274. The molecule has 0 amide bonds. The number of nitrogens with two attached hydrogens (primary N) is 1. The highest BCUT2D eigenvalue weighted by Crippen LogP contribution is 2.32. The summed E-state index contributed by atoms with van der Waals surface area (Å²) in [5.41, 5.74) is 7.79. The van der Waals surface area contributed by atoms with Crippen LogP contribution in [0.2, 0.25) is 0 Å². The van der Waals surface area contributed by atoms with Gasteiger partial charge in [-0.05, 0) is 30.7 Å². The predicted octanol–water partition coefficient (Wildman–Crippen LogP) is 3.54. The maximum absolute atomic E-state index is 12.1. The van der Waals surface area contributed by atoms with Gasteiger partial charge in [0.15, 0.2) is 5.75 Å². The van der Waals surface area contributed by atoms with Crippen molar-refractivity contribution in [3.8, 4) is 16.9 Å². The number of alkyl halides is 3. The second kappa shape index (κ2) is 4.79. The molecule has 0 radical (unpaired) electrons. The third-order valence-corrected chi connectivity index (χ3v) is 2.48. The molecular weight excluding hydrogens is 257 g/mol. The van der Waals surface area contributed by atoms with Crippen LogP contribution in [0.25, 0.3) is 11.1 Å². The molecular formula is C13H11F3N2O. The minimum absolute atomic E-state index is 0.0737. The van der Waals surface area contributed by atoms with Gasteiger partial charge in [-0.2, -0.15) is 0 Å². The Morgan fingerprint density at radius 2 is 1.79 bits per heavy atom. The molecule has 19 heavy (non-hydrogen) atoms. The van der Waals surface area contributed by atoms with Gasteiger partial charge in [0.05, 0.1) is 5.69 Å². The number of rotatable bonds is 2. The van der Waals surface area contributed by atoms with Crippen molar-refractivity contribution in [3.63, 3.8) is 0 Å². The number of hydrogen-bond acceptors (Lipinski definition) is 3. The Morgan fingerprint density at radius 1 is 1.11 bits per heavy atom. The van der Waals surface area contributed by atoms with E-state index < -0.39 is 12.1 Å². The first-order valence-electron chi connectivity index (χ1n) is 5.43. The van der Waals surface area contributed by atoms with Gasteiger partial charge < -0.3 is 10.5 Å². The topological polar surface area (TPSA) is 48.1 Å². The Kier molecular flexibility index (Phi) is 3.33. The predicted molar refractivity (Wildman–Crippen MR) is 65.5 cm³/mol. The summed E-state index contributed by atoms with van der Waals surface area (Å²) in [5.74, 6) is -0.406. The van der Waals surface area contributed by atoms with Crippen LogP contribution in [0.1, 0.15) is 5.69 Å². The van der Waals surface area contributed by atoms with Crippen molar-refractivity contribution in [3.05, 3.63) is 42.2 Å². The zero-order chi connectivity index (χ0) is 14.0. The lowest BCUT2D eigenvalue weighted by Crippen LogP contribution is -2.17. The molecule has 2 N–H and O–H groups in total. The number of nitrogens with zero attached hydrogens (tertiary/aromatic N) is 1. The van der Waals surface area contributed by atoms with E-state index in [9.17, 15) is 13.2 Å². The molecule has 1 aromatic heterocycles. The number of aryl methyl sites for hydroxylation is 1. The summed E-state index contributed by atoms with van der Waals surface area (Å²) in [6.07, 6.45) is -3.12. The van der Waals surface area contributed by atoms with Crippen molar-refractivity contribution in [1.29, 1.82) is 0 Å². The highest BCUT2D eigenvalue weighted by Gasteiger charge is 2.31. The fraction of sp³-hybridized carbons (Fsp3) is 0.154. The van der Waals surface area contributed by atoms with E-state index in [1.807, 2.05) is 19.1 Å². The summed E-state index contributed by atoms with van der Waals surface area (Å²) >= 11 is 0. The molecule has 0 bridgehead atoms. The summed E-state index contributed by atoms with van der Waals surface area (Å²) in [7, 11) is 0. The van der Waals surface area contributed by atoms with Crippen molar-refractivity contribution in [2.24, 2.45) is 0 Å².